The maximum atomic E-state index is 13.2. The number of carbonyl (C=O) groups is 2. The number of halogens is 1. The predicted molar refractivity (Wildman–Crippen MR) is 117 cm³/mol. The molecule has 164 valence electrons. The number of rotatable bonds is 7. The van der Waals surface area contributed by atoms with Crippen LogP contribution in [0.15, 0.2) is 48.5 Å². The topological polar surface area (TPSA) is 120 Å². The molecule has 2 aromatic rings. The highest BCUT2D eigenvalue weighted by atomic mass is 19.1. The number of nitrogens with two attached hydrogens (primary N) is 1. The van der Waals surface area contributed by atoms with E-state index in [1.54, 1.807) is 43.3 Å². The summed E-state index contributed by atoms with van der Waals surface area (Å²) >= 11 is 0. The Morgan fingerprint density at radius 3 is 2.52 bits per heavy atom. The zero-order chi connectivity index (χ0) is 22.4. The average Bonchev–Trinajstić information content (AvgIpc) is 2.78. The Bertz CT molecular complexity index is 930. The molecule has 1 aliphatic heterocycles. The van der Waals surface area contributed by atoms with Gasteiger partial charge >= 0.3 is 0 Å². The van der Waals surface area contributed by atoms with Crippen LogP contribution >= 0.6 is 0 Å². The van der Waals surface area contributed by atoms with Crippen molar-refractivity contribution in [1.82, 2.24) is 16.0 Å². The fourth-order valence-electron chi connectivity index (χ4n) is 3.68. The van der Waals surface area contributed by atoms with E-state index < -0.39 is 12.1 Å². The second-order valence-corrected chi connectivity index (χ2v) is 7.84. The van der Waals surface area contributed by atoms with E-state index in [9.17, 15) is 14.0 Å². The van der Waals surface area contributed by atoms with Gasteiger partial charge < -0.3 is 21.7 Å². The van der Waals surface area contributed by atoms with E-state index in [4.69, 9.17) is 11.1 Å². The van der Waals surface area contributed by atoms with Crippen molar-refractivity contribution in [3.8, 4) is 0 Å². The lowest BCUT2D eigenvalue weighted by Gasteiger charge is -2.30. The van der Waals surface area contributed by atoms with Gasteiger partial charge in [-0.1, -0.05) is 36.4 Å². The highest BCUT2D eigenvalue weighted by Crippen LogP contribution is 2.28. The van der Waals surface area contributed by atoms with E-state index in [-0.39, 0.29) is 29.4 Å². The second-order valence-electron chi connectivity index (χ2n) is 7.84. The highest BCUT2D eigenvalue weighted by Gasteiger charge is 2.29. The molecule has 2 amide bonds. The van der Waals surface area contributed by atoms with Crippen molar-refractivity contribution in [3.05, 3.63) is 71.0 Å². The minimum absolute atomic E-state index is 0.00934. The van der Waals surface area contributed by atoms with E-state index in [1.165, 1.54) is 12.1 Å². The Labute approximate surface area is 181 Å². The molecule has 1 saturated heterocycles. The number of amides is 2. The molecule has 1 fully saturated rings. The van der Waals surface area contributed by atoms with Crippen LogP contribution in [-0.4, -0.2) is 36.3 Å². The van der Waals surface area contributed by atoms with Gasteiger partial charge in [0.1, 0.15) is 17.7 Å². The summed E-state index contributed by atoms with van der Waals surface area (Å²) in [7, 11) is 0. The van der Waals surface area contributed by atoms with Gasteiger partial charge in [0.2, 0.25) is 11.8 Å². The molecule has 0 aromatic heterocycles. The summed E-state index contributed by atoms with van der Waals surface area (Å²) in [6, 6.07) is 12.3. The van der Waals surface area contributed by atoms with Gasteiger partial charge in [0, 0.05) is 12.1 Å². The minimum atomic E-state index is -0.683. The zero-order valence-electron chi connectivity index (χ0n) is 17.5. The summed E-state index contributed by atoms with van der Waals surface area (Å²) < 4.78 is 13.2. The van der Waals surface area contributed by atoms with Crippen LogP contribution in [0.2, 0.25) is 0 Å². The third-order valence-electron chi connectivity index (χ3n) is 5.55. The molecule has 6 N–H and O–H groups in total. The second kappa shape index (κ2) is 10.2. The third-order valence-corrected chi connectivity index (χ3v) is 5.55. The largest absolute Gasteiger partial charge is 0.384 e. The van der Waals surface area contributed by atoms with Gasteiger partial charge in [-0.2, -0.15) is 0 Å². The van der Waals surface area contributed by atoms with Gasteiger partial charge in [-0.3, -0.25) is 15.0 Å². The van der Waals surface area contributed by atoms with E-state index in [1.807, 2.05) is 0 Å². The Hall–Kier alpha value is -3.26. The van der Waals surface area contributed by atoms with Crippen molar-refractivity contribution in [1.29, 1.82) is 5.41 Å². The molecule has 0 radical (unpaired) electrons. The summed E-state index contributed by atoms with van der Waals surface area (Å²) in [5, 5.41) is 16.2. The average molecular weight is 426 g/mol. The molecule has 8 heteroatoms. The molecule has 0 bridgehead atoms. The predicted octanol–water partition coefficient (Wildman–Crippen LogP) is 1.77. The van der Waals surface area contributed by atoms with Crippen LogP contribution in [0.25, 0.3) is 0 Å². The van der Waals surface area contributed by atoms with Crippen LogP contribution in [0.1, 0.15) is 42.4 Å². The molecule has 0 aliphatic carbocycles. The normalized spacial score (nSPS) is 19.3. The molecule has 7 nitrogen and oxygen atoms in total. The number of piperidine rings is 1. The Balaban J connectivity index is 1.49. The molecule has 0 spiro atoms. The van der Waals surface area contributed by atoms with E-state index in [0.717, 1.165) is 17.5 Å². The quantitative estimate of drug-likeness (QED) is 0.343. The van der Waals surface area contributed by atoms with Gasteiger partial charge in [-0.15, -0.1) is 0 Å². The van der Waals surface area contributed by atoms with Crippen LogP contribution in [0.3, 0.4) is 0 Å². The standard InChI is InChI=1S/C23H28FN5O2/c1-14(22(30)28-13-15-2-4-17(5-3-15)21(25)26)29-23(31)20-12-18(10-11-27-20)16-6-8-19(24)9-7-16/h2-9,14,18,20,27H,10-13H2,1H3,(H3,25,26)(H,28,30)(H,29,31)/t14?,18-,20+/m0/s1. The number of hydrogen-bond acceptors (Lipinski definition) is 4. The number of carbonyl (C=O) groups excluding carboxylic acids is 2. The van der Waals surface area contributed by atoms with Crippen molar-refractivity contribution in [3.63, 3.8) is 0 Å². The molecule has 2 aromatic carbocycles. The van der Waals surface area contributed by atoms with Crippen LogP contribution < -0.4 is 21.7 Å². The molecule has 3 atom stereocenters. The summed E-state index contributed by atoms with van der Waals surface area (Å²) in [6.07, 6.45) is 1.46. The van der Waals surface area contributed by atoms with E-state index >= 15 is 0 Å². The van der Waals surface area contributed by atoms with Crippen LogP contribution in [0.4, 0.5) is 4.39 Å². The summed E-state index contributed by atoms with van der Waals surface area (Å²) in [6.45, 7) is 2.63. The summed E-state index contributed by atoms with van der Waals surface area (Å²) in [5.74, 6) is -0.624. The monoisotopic (exact) mass is 425 g/mol. The minimum Gasteiger partial charge on any atom is -0.384 e. The maximum absolute atomic E-state index is 13.2. The molecule has 1 heterocycles. The number of benzene rings is 2. The summed E-state index contributed by atoms with van der Waals surface area (Å²) in [5.41, 5.74) is 7.94. The molecule has 3 rings (SSSR count). The first-order valence-corrected chi connectivity index (χ1v) is 10.3. The number of nitrogen functional groups attached to an aromatic ring is 1. The zero-order valence-corrected chi connectivity index (χ0v) is 17.5. The van der Waals surface area contributed by atoms with Gasteiger partial charge in [-0.25, -0.2) is 4.39 Å². The fourth-order valence-corrected chi connectivity index (χ4v) is 3.68. The van der Waals surface area contributed by atoms with Gasteiger partial charge in [0.05, 0.1) is 6.04 Å². The highest BCUT2D eigenvalue weighted by molar-refractivity contribution is 5.95. The number of hydrogen-bond donors (Lipinski definition) is 5. The first-order chi connectivity index (χ1) is 14.8. The van der Waals surface area contributed by atoms with Crippen LogP contribution in [0.5, 0.6) is 0 Å². The van der Waals surface area contributed by atoms with Gasteiger partial charge in [-0.05, 0) is 55.5 Å². The third kappa shape index (κ3) is 6.11. The summed E-state index contributed by atoms with van der Waals surface area (Å²) in [4.78, 5) is 25.1. The first-order valence-electron chi connectivity index (χ1n) is 10.3. The van der Waals surface area contributed by atoms with Crippen molar-refractivity contribution in [2.24, 2.45) is 5.73 Å². The number of amidine groups is 1. The SMILES string of the molecule is CC(NC(=O)[C@H]1C[C@@H](c2ccc(F)cc2)CCN1)C(=O)NCc1ccc(C(=N)N)cc1. The molecule has 0 saturated carbocycles. The van der Waals surface area contributed by atoms with E-state index in [0.29, 0.717) is 25.1 Å². The lowest BCUT2D eigenvalue weighted by molar-refractivity contribution is -0.130. The Kier molecular flexibility index (Phi) is 7.36. The van der Waals surface area contributed by atoms with Crippen LogP contribution in [-0.2, 0) is 16.1 Å². The Morgan fingerprint density at radius 2 is 1.87 bits per heavy atom. The lowest BCUT2D eigenvalue weighted by Crippen LogP contribution is -2.53. The first kappa shape index (κ1) is 22.4. The maximum Gasteiger partial charge on any atom is 0.242 e. The molecule has 1 aliphatic rings. The van der Waals surface area contributed by atoms with Gasteiger partial charge in [0.25, 0.3) is 0 Å². The molecule has 31 heavy (non-hydrogen) atoms. The molecular formula is C23H28FN5O2. The van der Waals surface area contributed by atoms with Crippen molar-refractivity contribution < 1.29 is 14.0 Å². The van der Waals surface area contributed by atoms with E-state index in [2.05, 4.69) is 16.0 Å². The lowest BCUT2D eigenvalue weighted by atomic mass is 9.86. The van der Waals surface area contributed by atoms with Crippen molar-refractivity contribution in [2.45, 2.75) is 44.3 Å². The van der Waals surface area contributed by atoms with Crippen LogP contribution in [0, 0.1) is 11.2 Å². The van der Waals surface area contributed by atoms with Crippen molar-refractivity contribution in [2.75, 3.05) is 6.54 Å². The smallest absolute Gasteiger partial charge is 0.242 e. The Morgan fingerprint density at radius 1 is 1.19 bits per heavy atom. The van der Waals surface area contributed by atoms with Gasteiger partial charge in [0.15, 0.2) is 0 Å². The fraction of sp³-hybridized carbons (Fsp3) is 0.348. The molecular weight excluding hydrogens is 397 g/mol. The van der Waals surface area contributed by atoms with Crippen molar-refractivity contribution >= 4 is 17.6 Å². The molecule has 1 unspecified atom stereocenters. The number of nitrogens with one attached hydrogen (secondary N) is 4.